The number of rotatable bonds is 1. The van der Waals surface area contributed by atoms with Gasteiger partial charge in [0.05, 0.1) is 5.69 Å². The molecule has 1 fully saturated rings. The van der Waals surface area contributed by atoms with Crippen LogP contribution in [0.5, 0.6) is 0 Å². The maximum Gasteiger partial charge on any atom is 0.272 e. The first kappa shape index (κ1) is 11.3. The third-order valence-electron chi connectivity index (χ3n) is 3.63. The van der Waals surface area contributed by atoms with Gasteiger partial charge in [-0.3, -0.25) is 9.89 Å². The van der Waals surface area contributed by atoms with Gasteiger partial charge in [0, 0.05) is 18.1 Å². The Bertz CT molecular complexity index is 621. The number of nitrogens with one attached hydrogen (secondary N) is 1. The van der Waals surface area contributed by atoms with Crippen molar-refractivity contribution in [1.29, 1.82) is 0 Å². The molecule has 2 aromatic heterocycles. The van der Waals surface area contributed by atoms with Gasteiger partial charge in [-0.1, -0.05) is 0 Å². The number of H-pyrrole nitrogens is 1. The average Bonchev–Trinajstić information content (AvgIpc) is 2.71. The van der Waals surface area contributed by atoms with E-state index in [1.54, 1.807) is 12.1 Å². The first-order chi connectivity index (χ1) is 8.63. The lowest BCUT2D eigenvalue weighted by Crippen LogP contribution is -2.30. The van der Waals surface area contributed by atoms with Gasteiger partial charge in [0.1, 0.15) is 5.82 Å². The molecule has 6 heteroatoms. The van der Waals surface area contributed by atoms with Gasteiger partial charge in [-0.15, -0.1) is 0 Å². The number of aromatic nitrogens is 3. The van der Waals surface area contributed by atoms with Crippen molar-refractivity contribution in [2.24, 2.45) is 0 Å². The molecule has 1 aliphatic heterocycles. The molecule has 1 aliphatic rings. The van der Waals surface area contributed by atoms with Gasteiger partial charge in [-0.2, -0.15) is 4.52 Å². The Labute approximate surface area is 104 Å². The van der Waals surface area contributed by atoms with E-state index in [4.69, 9.17) is 5.73 Å². The summed E-state index contributed by atoms with van der Waals surface area (Å²) in [7, 11) is 2.12. The summed E-state index contributed by atoms with van der Waals surface area (Å²) in [4.78, 5) is 18.8. The number of aromatic amines is 1. The van der Waals surface area contributed by atoms with E-state index >= 15 is 0 Å². The van der Waals surface area contributed by atoms with Crippen LogP contribution in [0.4, 0.5) is 5.82 Å². The molecule has 0 aromatic carbocycles. The Morgan fingerprint density at radius 3 is 2.83 bits per heavy atom. The Morgan fingerprint density at radius 2 is 2.11 bits per heavy atom. The molecular formula is C12H17N5O. The predicted molar refractivity (Wildman–Crippen MR) is 69.7 cm³/mol. The highest BCUT2D eigenvalue weighted by Crippen LogP contribution is 2.25. The van der Waals surface area contributed by atoms with Crippen LogP contribution < -0.4 is 11.3 Å². The molecule has 0 unspecified atom stereocenters. The first-order valence-corrected chi connectivity index (χ1v) is 6.20. The SMILES string of the molecule is CN1CCC(c2cc(=O)n3[nH]c(N)cc3n2)CC1. The molecule has 0 spiro atoms. The van der Waals surface area contributed by atoms with Crippen LogP contribution in [-0.4, -0.2) is 39.6 Å². The zero-order chi connectivity index (χ0) is 12.7. The minimum absolute atomic E-state index is 0.0920. The van der Waals surface area contributed by atoms with E-state index in [2.05, 4.69) is 22.0 Å². The van der Waals surface area contributed by atoms with Crippen LogP contribution in [-0.2, 0) is 0 Å². The zero-order valence-electron chi connectivity index (χ0n) is 10.4. The molecule has 1 saturated heterocycles. The molecular weight excluding hydrogens is 230 g/mol. The van der Waals surface area contributed by atoms with Crippen LogP contribution in [0.1, 0.15) is 24.5 Å². The van der Waals surface area contributed by atoms with E-state index in [0.29, 0.717) is 17.4 Å². The Hall–Kier alpha value is -1.82. The van der Waals surface area contributed by atoms with Crippen molar-refractivity contribution >= 4 is 11.5 Å². The van der Waals surface area contributed by atoms with Crippen LogP contribution in [0, 0.1) is 0 Å². The van der Waals surface area contributed by atoms with Gasteiger partial charge in [-0.25, -0.2) is 4.98 Å². The number of nitrogens with zero attached hydrogens (tertiary/aromatic N) is 3. The zero-order valence-corrected chi connectivity index (χ0v) is 10.4. The minimum Gasteiger partial charge on any atom is -0.384 e. The fourth-order valence-electron chi connectivity index (χ4n) is 2.54. The Kier molecular flexibility index (Phi) is 2.59. The number of nitrogen functional groups attached to an aromatic ring is 1. The molecule has 0 bridgehead atoms. The largest absolute Gasteiger partial charge is 0.384 e. The second-order valence-electron chi connectivity index (χ2n) is 5.00. The molecule has 0 saturated carbocycles. The highest BCUT2D eigenvalue weighted by molar-refractivity contribution is 5.48. The molecule has 2 aromatic rings. The second-order valence-corrected chi connectivity index (χ2v) is 5.00. The van der Waals surface area contributed by atoms with Gasteiger partial charge < -0.3 is 10.6 Å². The molecule has 0 aliphatic carbocycles. The predicted octanol–water partition coefficient (Wildman–Crippen LogP) is 0.414. The van der Waals surface area contributed by atoms with Crippen molar-refractivity contribution in [3.8, 4) is 0 Å². The number of nitrogens with two attached hydrogens (primary N) is 1. The lowest BCUT2D eigenvalue weighted by molar-refractivity contribution is 0.253. The van der Waals surface area contributed by atoms with E-state index in [1.807, 2.05) is 0 Å². The fourth-order valence-corrected chi connectivity index (χ4v) is 2.54. The maximum absolute atomic E-state index is 11.9. The van der Waals surface area contributed by atoms with Gasteiger partial charge in [-0.05, 0) is 33.0 Å². The Balaban J connectivity index is 2.00. The van der Waals surface area contributed by atoms with E-state index in [9.17, 15) is 4.79 Å². The van der Waals surface area contributed by atoms with Gasteiger partial charge in [0.2, 0.25) is 0 Å². The summed E-state index contributed by atoms with van der Waals surface area (Å²) < 4.78 is 1.38. The highest BCUT2D eigenvalue weighted by Gasteiger charge is 2.20. The van der Waals surface area contributed by atoms with Crippen molar-refractivity contribution in [2.45, 2.75) is 18.8 Å². The third-order valence-corrected chi connectivity index (χ3v) is 3.63. The van der Waals surface area contributed by atoms with Crippen LogP contribution in [0.25, 0.3) is 5.65 Å². The van der Waals surface area contributed by atoms with Crippen molar-refractivity contribution < 1.29 is 0 Å². The molecule has 0 radical (unpaired) electrons. The van der Waals surface area contributed by atoms with Crippen LogP contribution >= 0.6 is 0 Å². The lowest BCUT2D eigenvalue weighted by Gasteiger charge is -2.28. The summed E-state index contributed by atoms with van der Waals surface area (Å²) in [6.45, 7) is 2.11. The van der Waals surface area contributed by atoms with Crippen LogP contribution in [0.3, 0.4) is 0 Å². The van der Waals surface area contributed by atoms with Gasteiger partial charge >= 0.3 is 0 Å². The van der Waals surface area contributed by atoms with E-state index < -0.39 is 0 Å². The first-order valence-electron chi connectivity index (χ1n) is 6.20. The van der Waals surface area contributed by atoms with Crippen LogP contribution in [0.2, 0.25) is 0 Å². The van der Waals surface area contributed by atoms with Gasteiger partial charge in [0.15, 0.2) is 5.65 Å². The Morgan fingerprint density at radius 1 is 1.39 bits per heavy atom. The molecule has 3 rings (SSSR count). The molecule has 0 atom stereocenters. The lowest BCUT2D eigenvalue weighted by atomic mass is 9.93. The molecule has 0 amide bonds. The normalized spacial score (nSPS) is 18.5. The van der Waals surface area contributed by atoms with E-state index in [1.165, 1.54) is 4.52 Å². The molecule has 3 heterocycles. The second kappa shape index (κ2) is 4.13. The van der Waals surface area contributed by atoms with E-state index in [0.717, 1.165) is 31.6 Å². The fraction of sp³-hybridized carbons (Fsp3) is 0.500. The van der Waals surface area contributed by atoms with Crippen LogP contribution in [0.15, 0.2) is 16.9 Å². The van der Waals surface area contributed by atoms with Crippen molar-refractivity contribution in [3.05, 3.63) is 28.2 Å². The number of fused-ring (bicyclic) bond motifs is 1. The average molecular weight is 247 g/mol. The number of hydrogen-bond donors (Lipinski definition) is 2. The highest BCUT2D eigenvalue weighted by atomic mass is 16.1. The monoisotopic (exact) mass is 247 g/mol. The molecule has 3 N–H and O–H groups in total. The topological polar surface area (TPSA) is 79.4 Å². The molecule has 18 heavy (non-hydrogen) atoms. The van der Waals surface area contributed by atoms with Gasteiger partial charge in [0.25, 0.3) is 5.56 Å². The van der Waals surface area contributed by atoms with Crippen molar-refractivity contribution in [1.82, 2.24) is 19.5 Å². The smallest absolute Gasteiger partial charge is 0.272 e. The van der Waals surface area contributed by atoms with Crippen molar-refractivity contribution in [3.63, 3.8) is 0 Å². The number of hydrogen-bond acceptors (Lipinski definition) is 4. The summed E-state index contributed by atoms with van der Waals surface area (Å²) in [5.41, 5.74) is 7.05. The summed E-state index contributed by atoms with van der Waals surface area (Å²) in [5, 5.41) is 2.78. The summed E-state index contributed by atoms with van der Waals surface area (Å²) in [6.07, 6.45) is 2.11. The number of anilines is 1. The summed E-state index contributed by atoms with van der Waals surface area (Å²) >= 11 is 0. The minimum atomic E-state index is -0.0920. The standard InChI is InChI=1S/C12H17N5O/c1-16-4-2-8(3-5-16)9-6-12(18)17-11(14-9)7-10(13)15-17/h6-8,15H,2-5,13H2,1H3. The number of piperidine rings is 1. The van der Waals surface area contributed by atoms with E-state index in [-0.39, 0.29) is 5.56 Å². The maximum atomic E-state index is 11.9. The summed E-state index contributed by atoms with van der Waals surface area (Å²) in [5.74, 6) is 0.843. The quantitative estimate of drug-likeness (QED) is 0.765. The third kappa shape index (κ3) is 1.88. The van der Waals surface area contributed by atoms with Crippen molar-refractivity contribution in [2.75, 3.05) is 25.9 Å². The summed E-state index contributed by atoms with van der Waals surface area (Å²) in [6, 6.07) is 3.32. The molecule has 6 nitrogen and oxygen atoms in total. The molecule has 96 valence electrons. The number of likely N-dealkylation sites (tertiary alicyclic amines) is 1.